The Morgan fingerprint density at radius 2 is 1.86 bits per heavy atom. The molecule has 1 aliphatic rings. The number of alkyl halides is 3. The molecule has 0 aliphatic carbocycles. The van der Waals surface area contributed by atoms with Crippen LogP contribution in [0.3, 0.4) is 0 Å². The molecule has 9 heteroatoms. The summed E-state index contributed by atoms with van der Waals surface area (Å²) in [5, 5.41) is 0.0178. The second kappa shape index (κ2) is 9.26. The van der Waals surface area contributed by atoms with Crippen LogP contribution < -0.4 is 18.9 Å². The zero-order valence-corrected chi connectivity index (χ0v) is 16.0. The van der Waals surface area contributed by atoms with Gasteiger partial charge in [0.1, 0.15) is 23.0 Å². The quantitative estimate of drug-likeness (QED) is 0.437. The van der Waals surface area contributed by atoms with Crippen LogP contribution in [0.25, 0.3) is 0 Å². The fraction of sp³-hybridized carbons (Fsp3) is 0.350. The maximum atomic E-state index is 12.2. The maximum Gasteiger partial charge on any atom is 0.573 e. The van der Waals surface area contributed by atoms with E-state index in [4.69, 9.17) is 25.8 Å². The molecule has 0 fully saturated rings. The number of aldehydes is 1. The maximum absolute atomic E-state index is 12.2. The fourth-order valence-corrected chi connectivity index (χ4v) is 3.01. The number of carbonyl (C=O) groups excluding carboxylic acids is 1. The van der Waals surface area contributed by atoms with Crippen LogP contribution in [0.5, 0.6) is 23.0 Å². The minimum absolute atomic E-state index is 0.0178. The lowest BCUT2D eigenvalue weighted by Gasteiger charge is -2.22. The highest BCUT2D eigenvalue weighted by Crippen LogP contribution is 2.32. The van der Waals surface area contributed by atoms with Gasteiger partial charge in [0.15, 0.2) is 12.4 Å². The summed E-state index contributed by atoms with van der Waals surface area (Å²) in [6.07, 6.45) is -2.45. The molecule has 5 nitrogen and oxygen atoms in total. The first-order valence-corrected chi connectivity index (χ1v) is 9.27. The standard InChI is InChI=1S/C20H18ClF3O5/c21-17-10-15(29-20(22,23)24)6-7-18(17)27-9-1-8-26-14-4-2-13-3-5-16(12-25)28-19(13)11-14/h2,4,6-7,10-12,16H,1,3,5,8-9H2. The largest absolute Gasteiger partial charge is 0.573 e. The number of benzene rings is 2. The van der Waals surface area contributed by atoms with Crippen molar-refractivity contribution in [2.45, 2.75) is 31.7 Å². The molecule has 0 saturated heterocycles. The number of carbonyl (C=O) groups is 1. The fourth-order valence-electron chi connectivity index (χ4n) is 2.78. The molecule has 0 aromatic heterocycles. The SMILES string of the molecule is O=CC1CCc2ccc(OCCCOc3ccc(OC(F)(F)F)cc3Cl)cc2O1. The molecule has 0 amide bonds. The third-order valence-electron chi connectivity index (χ3n) is 4.12. The molecule has 1 heterocycles. The normalized spacial score (nSPS) is 15.8. The molecule has 0 radical (unpaired) electrons. The molecule has 0 saturated carbocycles. The van der Waals surface area contributed by atoms with E-state index in [9.17, 15) is 18.0 Å². The Hall–Kier alpha value is -2.61. The molecule has 1 aliphatic heterocycles. The van der Waals surface area contributed by atoms with Gasteiger partial charge in [-0.25, -0.2) is 0 Å². The van der Waals surface area contributed by atoms with Gasteiger partial charge >= 0.3 is 6.36 Å². The molecule has 0 N–H and O–H groups in total. The summed E-state index contributed by atoms with van der Waals surface area (Å²) in [6, 6.07) is 8.98. The number of rotatable bonds is 8. The van der Waals surface area contributed by atoms with Gasteiger partial charge in [0.25, 0.3) is 0 Å². The van der Waals surface area contributed by atoms with Crippen LogP contribution in [-0.2, 0) is 11.2 Å². The number of halogens is 4. The lowest BCUT2D eigenvalue weighted by Crippen LogP contribution is -2.23. The summed E-state index contributed by atoms with van der Waals surface area (Å²) in [6.45, 7) is 0.608. The number of hydrogen-bond donors (Lipinski definition) is 0. The van der Waals surface area contributed by atoms with E-state index < -0.39 is 18.2 Å². The van der Waals surface area contributed by atoms with Crippen LogP contribution in [-0.4, -0.2) is 32.0 Å². The van der Waals surface area contributed by atoms with Crippen molar-refractivity contribution in [2.75, 3.05) is 13.2 Å². The highest BCUT2D eigenvalue weighted by atomic mass is 35.5. The monoisotopic (exact) mass is 430 g/mol. The van der Waals surface area contributed by atoms with Gasteiger partial charge in [0.05, 0.1) is 18.2 Å². The van der Waals surface area contributed by atoms with Gasteiger partial charge in [-0.2, -0.15) is 0 Å². The molecule has 156 valence electrons. The minimum Gasteiger partial charge on any atom is -0.493 e. The Morgan fingerprint density at radius 1 is 1.10 bits per heavy atom. The first-order chi connectivity index (χ1) is 13.8. The molecule has 2 aromatic rings. The van der Waals surface area contributed by atoms with Crippen molar-refractivity contribution in [2.24, 2.45) is 0 Å². The van der Waals surface area contributed by atoms with Gasteiger partial charge in [-0.15, -0.1) is 13.2 Å². The van der Waals surface area contributed by atoms with Crippen molar-refractivity contribution in [1.82, 2.24) is 0 Å². The predicted molar refractivity (Wildman–Crippen MR) is 99.0 cm³/mol. The zero-order chi connectivity index (χ0) is 20.9. The van der Waals surface area contributed by atoms with Crippen molar-refractivity contribution >= 4 is 17.9 Å². The summed E-state index contributed by atoms with van der Waals surface area (Å²) < 4.78 is 57.1. The molecule has 0 bridgehead atoms. The average molecular weight is 431 g/mol. The van der Waals surface area contributed by atoms with E-state index in [-0.39, 0.29) is 17.4 Å². The Balaban J connectivity index is 1.44. The zero-order valence-electron chi connectivity index (χ0n) is 15.2. The van der Waals surface area contributed by atoms with Crippen LogP contribution in [0, 0.1) is 0 Å². The minimum atomic E-state index is -4.78. The summed E-state index contributed by atoms with van der Waals surface area (Å²) in [5.41, 5.74) is 1.03. The van der Waals surface area contributed by atoms with Crippen molar-refractivity contribution in [1.29, 1.82) is 0 Å². The van der Waals surface area contributed by atoms with Crippen molar-refractivity contribution in [3.05, 3.63) is 47.0 Å². The third kappa shape index (κ3) is 6.19. The van der Waals surface area contributed by atoms with Crippen molar-refractivity contribution in [3.63, 3.8) is 0 Å². The molecular weight excluding hydrogens is 413 g/mol. The molecule has 0 spiro atoms. The second-order valence-electron chi connectivity index (χ2n) is 6.29. The van der Waals surface area contributed by atoms with Crippen LogP contribution in [0.2, 0.25) is 5.02 Å². The summed E-state index contributed by atoms with van der Waals surface area (Å²) in [7, 11) is 0. The molecular formula is C20H18ClF3O5. The van der Waals surface area contributed by atoms with E-state index in [1.807, 2.05) is 12.1 Å². The van der Waals surface area contributed by atoms with Crippen LogP contribution in [0.4, 0.5) is 13.2 Å². The van der Waals surface area contributed by atoms with Crippen molar-refractivity contribution < 1.29 is 36.9 Å². The number of aryl methyl sites for hydroxylation is 1. The predicted octanol–water partition coefficient (Wildman–Crippen LogP) is 4.98. The third-order valence-corrected chi connectivity index (χ3v) is 4.41. The van der Waals surface area contributed by atoms with E-state index in [1.54, 1.807) is 6.07 Å². The lowest BCUT2D eigenvalue weighted by molar-refractivity contribution is -0.274. The first-order valence-electron chi connectivity index (χ1n) is 8.90. The van der Waals surface area contributed by atoms with Crippen LogP contribution in [0.1, 0.15) is 18.4 Å². The number of fused-ring (bicyclic) bond motifs is 1. The van der Waals surface area contributed by atoms with Gasteiger partial charge in [-0.3, -0.25) is 4.79 Å². The first kappa shape index (κ1) is 21.1. The molecule has 29 heavy (non-hydrogen) atoms. The smallest absolute Gasteiger partial charge is 0.493 e. The Kier molecular flexibility index (Phi) is 6.74. The van der Waals surface area contributed by atoms with E-state index in [0.717, 1.165) is 30.4 Å². The Labute approximate surface area is 170 Å². The average Bonchev–Trinajstić information content (AvgIpc) is 2.67. The van der Waals surface area contributed by atoms with Crippen LogP contribution in [0.15, 0.2) is 36.4 Å². The topological polar surface area (TPSA) is 54.0 Å². The highest BCUT2D eigenvalue weighted by molar-refractivity contribution is 6.32. The summed E-state index contributed by atoms with van der Waals surface area (Å²) >= 11 is 5.92. The molecule has 1 unspecified atom stereocenters. The molecule has 1 atom stereocenters. The van der Waals surface area contributed by atoms with E-state index in [0.29, 0.717) is 30.9 Å². The molecule has 3 rings (SSSR count). The van der Waals surface area contributed by atoms with E-state index in [2.05, 4.69) is 4.74 Å². The summed E-state index contributed by atoms with van der Waals surface area (Å²) in [5.74, 6) is 1.10. The lowest BCUT2D eigenvalue weighted by atomic mass is 10.0. The summed E-state index contributed by atoms with van der Waals surface area (Å²) in [4.78, 5) is 10.9. The van der Waals surface area contributed by atoms with Gasteiger partial charge in [0.2, 0.25) is 0 Å². The van der Waals surface area contributed by atoms with E-state index in [1.165, 1.54) is 6.07 Å². The van der Waals surface area contributed by atoms with Gasteiger partial charge in [0, 0.05) is 18.6 Å². The second-order valence-corrected chi connectivity index (χ2v) is 6.70. The van der Waals surface area contributed by atoms with Gasteiger partial charge < -0.3 is 18.9 Å². The van der Waals surface area contributed by atoms with Crippen LogP contribution >= 0.6 is 11.6 Å². The number of ether oxygens (including phenoxy) is 4. The Morgan fingerprint density at radius 3 is 2.59 bits per heavy atom. The van der Waals surface area contributed by atoms with Crippen molar-refractivity contribution in [3.8, 4) is 23.0 Å². The van der Waals surface area contributed by atoms with Gasteiger partial charge in [-0.1, -0.05) is 17.7 Å². The highest BCUT2D eigenvalue weighted by Gasteiger charge is 2.31. The van der Waals surface area contributed by atoms with Gasteiger partial charge in [-0.05, 0) is 36.6 Å². The molecule has 2 aromatic carbocycles. The van der Waals surface area contributed by atoms with E-state index >= 15 is 0 Å². The Bertz CT molecular complexity index is 856. The number of hydrogen-bond acceptors (Lipinski definition) is 5.